The second kappa shape index (κ2) is 18.4. The van der Waals surface area contributed by atoms with Crippen molar-refractivity contribution in [2.45, 2.75) is 27.7 Å². The van der Waals surface area contributed by atoms with E-state index < -0.39 is 0 Å². The molecule has 2 N–H and O–H groups in total. The molecule has 0 aliphatic rings. The van der Waals surface area contributed by atoms with Crippen LogP contribution in [0, 0.1) is 0 Å². The molecular weight excluding hydrogens is 280 g/mol. The van der Waals surface area contributed by atoms with Gasteiger partial charge in [0.05, 0.1) is 39.6 Å². The van der Waals surface area contributed by atoms with E-state index >= 15 is 0 Å². The second-order valence-corrected chi connectivity index (χ2v) is 3.20. The minimum atomic E-state index is -0.125. The predicted molar refractivity (Wildman–Crippen MR) is 77.9 cm³/mol. The molecule has 0 rings (SSSR count). The zero-order valence-electron chi connectivity index (χ0n) is 13.3. The average molecular weight is 308 g/mol. The molecule has 0 amide bonds. The molecule has 0 saturated heterocycles. The van der Waals surface area contributed by atoms with Crippen LogP contribution in [0.5, 0.6) is 0 Å². The normalized spacial score (nSPS) is 11.1. The molecule has 0 spiro atoms. The Morgan fingerprint density at radius 2 is 1.10 bits per heavy atom. The molecule has 0 unspecified atom stereocenters. The van der Waals surface area contributed by atoms with Crippen LogP contribution < -0.4 is 0 Å². The Morgan fingerprint density at radius 1 is 0.714 bits per heavy atom. The molecule has 0 fully saturated rings. The molecule has 0 aromatic heterocycles. The van der Waals surface area contributed by atoms with Gasteiger partial charge in [-0.15, -0.1) is 0 Å². The molecule has 0 aliphatic carbocycles. The van der Waals surface area contributed by atoms with Crippen LogP contribution in [0.1, 0.15) is 27.7 Å². The van der Waals surface area contributed by atoms with Crippen molar-refractivity contribution in [3.63, 3.8) is 0 Å². The van der Waals surface area contributed by atoms with Crippen molar-refractivity contribution in [2.75, 3.05) is 39.6 Å². The van der Waals surface area contributed by atoms with Crippen LogP contribution >= 0.6 is 0 Å². The molecule has 0 heterocycles. The number of hydrogen-bond donors (Lipinski definition) is 2. The van der Waals surface area contributed by atoms with Gasteiger partial charge >= 0.3 is 11.9 Å². The minimum Gasteiger partial charge on any atom is -0.494 e. The molecule has 0 bridgehead atoms. The van der Waals surface area contributed by atoms with Crippen LogP contribution in [0.2, 0.25) is 0 Å². The Kier molecular flexibility index (Phi) is 19.0. The third kappa shape index (κ3) is 16.3. The minimum absolute atomic E-state index is 0.125. The van der Waals surface area contributed by atoms with Crippen molar-refractivity contribution in [1.82, 2.24) is 0 Å². The van der Waals surface area contributed by atoms with Crippen molar-refractivity contribution in [1.29, 1.82) is 0 Å². The molecule has 126 valence electrons. The summed E-state index contributed by atoms with van der Waals surface area (Å²) in [5.41, 5.74) is 0. The Labute approximate surface area is 126 Å². The molecule has 0 saturated carbocycles. The fourth-order valence-electron chi connectivity index (χ4n) is 0.861. The standard InChI is InChI=1S/C12H22O5.C2H6O2/c1-5-13-9-11(15-7-3)17-12(16-8-4)10-14-6-2;3-1-2-4/h9-10H,5-8H2,1-4H3;3-4H,1-2H2/b11-9-,12-10-;. The number of rotatable bonds is 11. The fraction of sp³-hybridized carbons (Fsp3) is 0.714. The summed E-state index contributed by atoms with van der Waals surface area (Å²) in [6, 6.07) is 0. The quantitative estimate of drug-likeness (QED) is 0.562. The van der Waals surface area contributed by atoms with Gasteiger partial charge in [-0.1, -0.05) is 0 Å². The van der Waals surface area contributed by atoms with Crippen molar-refractivity contribution in [3.05, 3.63) is 24.4 Å². The summed E-state index contributed by atoms with van der Waals surface area (Å²) in [5.74, 6) is 0.488. The van der Waals surface area contributed by atoms with Gasteiger partial charge in [0.2, 0.25) is 0 Å². The summed E-state index contributed by atoms with van der Waals surface area (Å²) in [4.78, 5) is 0. The van der Waals surface area contributed by atoms with Crippen LogP contribution in [0.4, 0.5) is 0 Å². The Morgan fingerprint density at radius 3 is 1.33 bits per heavy atom. The van der Waals surface area contributed by atoms with Crippen molar-refractivity contribution >= 4 is 0 Å². The maximum Gasteiger partial charge on any atom is 0.323 e. The van der Waals surface area contributed by atoms with E-state index in [4.69, 9.17) is 33.9 Å². The first-order valence-electron chi connectivity index (χ1n) is 6.98. The lowest BCUT2D eigenvalue weighted by atomic mass is 10.8. The van der Waals surface area contributed by atoms with Gasteiger partial charge in [0.25, 0.3) is 0 Å². The molecule has 0 aromatic carbocycles. The van der Waals surface area contributed by atoms with E-state index in [1.165, 1.54) is 12.5 Å². The fourth-order valence-corrected chi connectivity index (χ4v) is 0.861. The Hall–Kier alpha value is -1.60. The summed E-state index contributed by atoms with van der Waals surface area (Å²) in [5, 5.41) is 15.2. The van der Waals surface area contributed by atoms with E-state index in [2.05, 4.69) is 0 Å². The topological polar surface area (TPSA) is 86.6 Å². The van der Waals surface area contributed by atoms with Crippen LogP contribution in [0.15, 0.2) is 24.4 Å². The highest BCUT2D eigenvalue weighted by Gasteiger charge is 2.06. The third-order valence-corrected chi connectivity index (χ3v) is 1.57. The van der Waals surface area contributed by atoms with Crippen molar-refractivity contribution < 1.29 is 33.9 Å². The molecule has 21 heavy (non-hydrogen) atoms. The lowest BCUT2D eigenvalue weighted by Gasteiger charge is -2.12. The maximum absolute atomic E-state index is 7.62. The van der Waals surface area contributed by atoms with Gasteiger partial charge in [0.15, 0.2) is 12.5 Å². The largest absolute Gasteiger partial charge is 0.494 e. The Bertz CT molecular complexity index is 238. The first-order valence-corrected chi connectivity index (χ1v) is 6.98. The molecule has 7 heteroatoms. The SMILES string of the molecule is CCO/C=C(/OCC)O/C(=C\OCC)OCC.OCCO. The summed E-state index contributed by atoms with van der Waals surface area (Å²) in [6.45, 7) is 9.25. The number of aliphatic hydroxyl groups excluding tert-OH is 2. The van der Waals surface area contributed by atoms with Gasteiger partial charge in [-0.3, -0.25) is 0 Å². The molecular formula is C14H28O7. The third-order valence-electron chi connectivity index (χ3n) is 1.57. The van der Waals surface area contributed by atoms with E-state index in [9.17, 15) is 0 Å². The zero-order valence-corrected chi connectivity index (χ0v) is 13.3. The van der Waals surface area contributed by atoms with Crippen molar-refractivity contribution in [3.8, 4) is 0 Å². The van der Waals surface area contributed by atoms with Crippen LogP contribution in [-0.4, -0.2) is 49.9 Å². The number of hydrogen-bond acceptors (Lipinski definition) is 7. The van der Waals surface area contributed by atoms with Gasteiger partial charge in [0, 0.05) is 0 Å². The first kappa shape index (κ1) is 21.7. The first-order chi connectivity index (χ1) is 10.2. The monoisotopic (exact) mass is 308 g/mol. The van der Waals surface area contributed by atoms with Crippen LogP contribution in [0.25, 0.3) is 0 Å². The highest BCUT2D eigenvalue weighted by Crippen LogP contribution is 2.10. The smallest absolute Gasteiger partial charge is 0.323 e. The second-order valence-electron chi connectivity index (χ2n) is 3.20. The number of aliphatic hydroxyl groups is 2. The van der Waals surface area contributed by atoms with Gasteiger partial charge in [-0.2, -0.15) is 0 Å². The zero-order chi connectivity index (χ0) is 16.3. The number of ether oxygens (including phenoxy) is 5. The molecule has 0 aliphatic heterocycles. The lowest BCUT2D eigenvalue weighted by molar-refractivity contribution is -0.0153. The van der Waals surface area contributed by atoms with E-state index in [0.717, 1.165) is 0 Å². The Balaban J connectivity index is 0. The summed E-state index contributed by atoms with van der Waals surface area (Å²) in [7, 11) is 0. The van der Waals surface area contributed by atoms with Gasteiger partial charge < -0.3 is 33.9 Å². The van der Waals surface area contributed by atoms with E-state index in [1.807, 2.05) is 27.7 Å². The molecule has 0 aromatic rings. The van der Waals surface area contributed by atoms with Crippen molar-refractivity contribution in [2.24, 2.45) is 0 Å². The highest BCUT2D eigenvalue weighted by molar-refractivity contribution is 4.86. The van der Waals surface area contributed by atoms with E-state index in [-0.39, 0.29) is 25.1 Å². The van der Waals surface area contributed by atoms with E-state index in [1.54, 1.807) is 0 Å². The van der Waals surface area contributed by atoms with Crippen LogP contribution in [0.3, 0.4) is 0 Å². The van der Waals surface area contributed by atoms with Gasteiger partial charge in [-0.25, -0.2) is 0 Å². The van der Waals surface area contributed by atoms with E-state index in [0.29, 0.717) is 26.4 Å². The predicted octanol–water partition coefficient (Wildman–Crippen LogP) is 1.72. The molecule has 7 nitrogen and oxygen atoms in total. The lowest BCUT2D eigenvalue weighted by Crippen LogP contribution is -2.03. The highest BCUT2D eigenvalue weighted by atomic mass is 16.8. The summed E-state index contributed by atoms with van der Waals surface area (Å²) in [6.07, 6.45) is 2.81. The molecule has 0 radical (unpaired) electrons. The average Bonchev–Trinajstić information content (AvgIpc) is 2.50. The maximum atomic E-state index is 7.62. The summed E-state index contributed by atoms with van der Waals surface area (Å²) >= 11 is 0. The molecule has 0 atom stereocenters. The summed E-state index contributed by atoms with van der Waals surface area (Å²) < 4.78 is 26.0. The van der Waals surface area contributed by atoms with Crippen LogP contribution in [-0.2, 0) is 23.7 Å². The van der Waals surface area contributed by atoms with Gasteiger partial charge in [0.1, 0.15) is 0 Å². The van der Waals surface area contributed by atoms with Gasteiger partial charge in [-0.05, 0) is 27.7 Å².